The highest BCUT2D eigenvalue weighted by Crippen LogP contribution is 2.26. The van der Waals surface area contributed by atoms with Crippen LogP contribution in [0.25, 0.3) is 27.6 Å². The van der Waals surface area contributed by atoms with Gasteiger partial charge in [-0.2, -0.15) is 0 Å². The third-order valence-electron chi connectivity index (χ3n) is 4.12. The maximum absolute atomic E-state index is 3.14. The molecule has 0 aliphatic heterocycles. The minimum atomic E-state index is 1.03. The first-order valence-corrected chi connectivity index (χ1v) is 8.05. The topological polar surface area (TPSA) is 0 Å². The average molecular weight is 304 g/mol. The number of hydrogen-bond donors (Lipinski definition) is 0. The van der Waals surface area contributed by atoms with Crippen molar-refractivity contribution in [3.8, 4) is 11.8 Å². The van der Waals surface area contributed by atoms with Gasteiger partial charge < -0.3 is 0 Å². The zero-order chi connectivity index (χ0) is 16.2. The highest BCUT2D eigenvalue weighted by atomic mass is 14.0. The Hall–Kier alpha value is -3.30. The van der Waals surface area contributed by atoms with Gasteiger partial charge in [0.25, 0.3) is 0 Å². The minimum absolute atomic E-state index is 1.03. The van der Waals surface area contributed by atoms with E-state index in [1.165, 1.54) is 27.1 Å². The second kappa shape index (κ2) is 6.44. The maximum Gasteiger partial charge on any atom is 0.0248 e. The molecule has 24 heavy (non-hydrogen) atoms. The number of benzene rings is 4. The highest BCUT2D eigenvalue weighted by Gasteiger charge is 2.00. The first-order valence-electron chi connectivity index (χ1n) is 8.05. The van der Waals surface area contributed by atoms with Crippen LogP contribution in [0, 0.1) is 11.8 Å². The van der Waals surface area contributed by atoms with Gasteiger partial charge in [0.1, 0.15) is 0 Å². The van der Waals surface area contributed by atoms with Crippen LogP contribution in [0.2, 0.25) is 0 Å². The Morgan fingerprint density at radius 1 is 0.625 bits per heavy atom. The molecule has 4 aromatic carbocycles. The summed E-state index contributed by atoms with van der Waals surface area (Å²) in [5.41, 5.74) is 2.20. The maximum atomic E-state index is 3.14. The van der Waals surface area contributed by atoms with Crippen LogP contribution in [0.3, 0.4) is 0 Å². The standard InChI is InChI=1S/C24H16/c1-2-8-19(9-3-1)10-4-5-11-20-14-15-22-17-16-21-12-6-7-13-23(21)24(22)18-20/h1-3,5-9,11-18H. The van der Waals surface area contributed by atoms with Crippen LogP contribution in [0.4, 0.5) is 0 Å². The largest absolute Gasteiger partial charge is 0.0696 e. The van der Waals surface area contributed by atoms with Gasteiger partial charge in [-0.25, -0.2) is 0 Å². The van der Waals surface area contributed by atoms with Crippen LogP contribution in [-0.4, -0.2) is 0 Å². The Bertz CT molecular complexity index is 1090. The summed E-state index contributed by atoms with van der Waals surface area (Å²) in [5.74, 6) is 6.25. The normalized spacial score (nSPS) is 10.8. The Labute approximate surface area is 142 Å². The molecule has 0 unspecified atom stereocenters. The lowest BCUT2D eigenvalue weighted by Crippen LogP contribution is -1.79. The molecule has 4 aromatic rings. The highest BCUT2D eigenvalue weighted by molar-refractivity contribution is 6.07. The monoisotopic (exact) mass is 304 g/mol. The first kappa shape index (κ1) is 14.3. The van der Waals surface area contributed by atoms with E-state index in [4.69, 9.17) is 0 Å². The molecule has 0 nitrogen and oxygen atoms in total. The van der Waals surface area contributed by atoms with Gasteiger partial charge in [0.15, 0.2) is 0 Å². The second-order valence-corrected chi connectivity index (χ2v) is 5.74. The molecule has 0 saturated heterocycles. The average Bonchev–Trinajstić information content (AvgIpc) is 2.66. The van der Waals surface area contributed by atoms with Crippen molar-refractivity contribution in [1.29, 1.82) is 0 Å². The number of fused-ring (bicyclic) bond motifs is 3. The smallest absolute Gasteiger partial charge is 0.0248 e. The van der Waals surface area contributed by atoms with Crippen LogP contribution in [0.1, 0.15) is 11.1 Å². The van der Waals surface area contributed by atoms with Gasteiger partial charge in [0.2, 0.25) is 0 Å². The third-order valence-corrected chi connectivity index (χ3v) is 4.12. The van der Waals surface area contributed by atoms with Gasteiger partial charge in [-0.1, -0.05) is 78.6 Å². The molecule has 0 aliphatic rings. The molecule has 0 spiro atoms. The van der Waals surface area contributed by atoms with Crippen molar-refractivity contribution in [3.05, 3.63) is 102 Å². The summed E-state index contributed by atoms with van der Waals surface area (Å²) in [6.45, 7) is 0. The van der Waals surface area contributed by atoms with E-state index in [9.17, 15) is 0 Å². The number of allylic oxidation sites excluding steroid dienone is 1. The lowest BCUT2D eigenvalue weighted by atomic mass is 10.00. The van der Waals surface area contributed by atoms with Crippen molar-refractivity contribution >= 4 is 27.6 Å². The van der Waals surface area contributed by atoms with E-state index in [1.807, 2.05) is 36.4 Å². The van der Waals surface area contributed by atoms with Crippen molar-refractivity contribution in [1.82, 2.24) is 0 Å². The van der Waals surface area contributed by atoms with E-state index in [0.717, 1.165) is 5.56 Å². The molecule has 112 valence electrons. The van der Waals surface area contributed by atoms with Crippen molar-refractivity contribution in [2.45, 2.75) is 0 Å². The molecular formula is C24H16. The molecule has 0 bridgehead atoms. The van der Waals surface area contributed by atoms with E-state index in [-0.39, 0.29) is 0 Å². The molecule has 0 fully saturated rings. The van der Waals surface area contributed by atoms with Gasteiger partial charge in [-0.15, -0.1) is 0 Å². The van der Waals surface area contributed by atoms with Gasteiger partial charge in [-0.3, -0.25) is 0 Å². The molecule has 4 rings (SSSR count). The molecule has 0 saturated carbocycles. The van der Waals surface area contributed by atoms with E-state index in [1.54, 1.807) is 0 Å². The van der Waals surface area contributed by atoms with Crippen LogP contribution < -0.4 is 0 Å². The Morgan fingerprint density at radius 2 is 1.33 bits per heavy atom. The molecule has 0 atom stereocenters. The summed E-state index contributed by atoms with van der Waals surface area (Å²) >= 11 is 0. The quantitative estimate of drug-likeness (QED) is 0.296. The predicted molar refractivity (Wildman–Crippen MR) is 104 cm³/mol. The van der Waals surface area contributed by atoms with E-state index < -0.39 is 0 Å². The van der Waals surface area contributed by atoms with E-state index in [2.05, 4.69) is 72.5 Å². The van der Waals surface area contributed by atoms with Gasteiger partial charge in [-0.05, 0) is 57.5 Å². The lowest BCUT2D eigenvalue weighted by molar-refractivity contribution is 1.65. The van der Waals surface area contributed by atoms with Gasteiger partial charge >= 0.3 is 0 Å². The lowest BCUT2D eigenvalue weighted by Gasteiger charge is -2.04. The molecular weight excluding hydrogens is 288 g/mol. The van der Waals surface area contributed by atoms with Crippen LogP contribution in [0.5, 0.6) is 0 Å². The number of hydrogen-bond acceptors (Lipinski definition) is 0. The second-order valence-electron chi connectivity index (χ2n) is 5.74. The predicted octanol–water partition coefficient (Wildman–Crippen LogP) is 6.06. The molecule has 0 heterocycles. The summed E-state index contributed by atoms with van der Waals surface area (Å²) in [7, 11) is 0. The van der Waals surface area contributed by atoms with Gasteiger partial charge in [0.05, 0.1) is 0 Å². The van der Waals surface area contributed by atoms with Crippen LogP contribution in [0.15, 0.2) is 91.0 Å². The summed E-state index contributed by atoms with van der Waals surface area (Å²) in [6.07, 6.45) is 3.98. The third kappa shape index (κ3) is 2.93. The fourth-order valence-corrected chi connectivity index (χ4v) is 2.91. The van der Waals surface area contributed by atoms with Crippen molar-refractivity contribution in [2.75, 3.05) is 0 Å². The summed E-state index contributed by atoms with van der Waals surface area (Å²) in [5, 5.41) is 5.11. The van der Waals surface area contributed by atoms with Gasteiger partial charge in [0, 0.05) is 5.56 Å². The zero-order valence-electron chi connectivity index (χ0n) is 13.2. The Kier molecular flexibility index (Phi) is 3.84. The fraction of sp³-hybridized carbons (Fsp3) is 0. The minimum Gasteiger partial charge on any atom is -0.0696 e. The van der Waals surface area contributed by atoms with E-state index >= 15 is 0 Å². The summed E-state index contributed by atoms with van der Waals surface area (Å²) in [4.78, 5) is 0. The Balaban J connectivity index is 1.69. The molecule has 0 aromatic heterocycles. The molecule has 0 heteroatoms. The summed E-state index contributed by atoms with van der Waals surface area (Å²) in [6, 6.07) is 29.5. The molecule has 0 amide bonds. The SMILES string of the molecule is C(#Cc1ccccc1)C=Cc1ccc2ccc3ccccc3c2c1. The zero-order valence-corrected chi connectivity index (χ0v) is 13.2. The summed E-state index contributed by atoms with van der Waals surface area (Å²) < 4.78 is 0. The molecule has 0 radical (unpaired) electrons. The van der Waals surface area contributed by atoms with Crippen molar-refractivity contribution in [3.63, 3.8) is 0 Å². The van der Waals surface area contributed by atoms with Crippen LogP contribution >= 0.6 is 0 Å². The number of rotatable bonds is 1. The fourth-order valence-electron chi connectivity index (χ4n) is 2.91. The van der Waals surface area contributed by atoms with Crippen molar-refractivity contribution < 1.29 is 0 Å². The van der Waals surface area contributed by atoms with Crippen molar-refractivity contribution in [2.24, 2.45) is 0 Å². The van der Waals surface area contributed by atoms with E-state index in [0.29, 0.717) is 0 Å². The molecule has 0 N–H and O–H groups in total. The van der Waals surface area contributed by atoms with Crippen LogP contribution in [-0.2, 0) is 0 Å². The first-order chi connectivity index (χ1) is 11.9. The Morgan fingerprint density at radius 3 is 2.21 bits per heavy atom. The molecule has 0 aliphatic carbocycles.